The van der Waals surface area contributed by atoms with Crippen LogP contribution in [0.15, 0.2) is 24.3 Å². The van der Waals surface area contributed by atoms with Crippen LogP contribution in [0.1, 0.15) is 37.7 Å². The van der Waals surface area contributed by atoms with Crippen LogP contribution in [0.25, 0.3) is 0 Å². The number of hydrogen-bond donors (Lipinski definition) is 0. The summed E-state index contributed by atoms with van der Waals surface area (Å²) in [5.41, 5.74) is 1.41. The number of benzene rings is 1. The molecule has 1 fully saturated rings. The van der Waals surface area contributed by atoms with Crippen LogP contribution >= 0.6 is 11.6 Å². The van der Waals surface area contributed by atoms with Gasteiger partial charge in [0, 0.05) is 5.38 Å². The van der Waals surface area contributed by atoms with E-state index in [1.165, 1.54) is 37.7 Å². The van der Waals surface area contributed by atoms with Crippen LogP contribution in [0.3, 0.4) is 0 Å². The van der Waals surface area contributed by atoms with Gasteiger partial charge in [-0.15, -0.1) is 11.6 Å². The summed E-state index contributed by atoms with van der Waals surface area (Å²) in [5.74, 6) is 1.76. The van der Waals surface area contributed by atoms with Gasteiger partial charge in [-0.1, -0.05) is 25.0 Å². The average molecular weight is 253 g/mol. The maximum atomic E-state index is 6.22. The second kappa shape index (κ2) is 6.30. The summed E-state index contributed by atoms with van der Waals surface area (Å²) >= 11 is 6.22. The first-order valence-electron chi connectivity index (χ1n) is 6.55. The van der Waals surface area contributed by atoms with Gasteiger partial charge in [-0.25, -0.2) is 0 Å². The Kier molecular flexibility index (Phi) is 4.73. The van der Waals surface area contributed by atoms with Crippen molar-refractivity contribution in [3.63, 3.8) is 0 Å². The first-order chi connectivity index (χ1) is 8.28. The molecular weight excluding hydrogens is 232 g/mol. The lowest BCUT2D eigenvalue weighted by atomic mass is 9.85. The van der Waals surface area contributed by atoms with Crippen LogP contribution in [0.5, 0.6) is 5.75 Å². The number of halogens is 1. The van der Waals surface area contributed by atoms with Crippen LogP contribution in [-0.4, -0.2) is 12.5 Å². The SMILES string of the molecule is COc1ccc(CCC2CCCC(Cl)C2)cc1. The molecule has 0 saturated heterocycles. The Morgan fingerprint density at radius 1 is 1.24 bits per heavy atom. The van der Waals surface area contributed by atoms with Crippen molar-refractivity contribution in [3.8, 4) is 5.75 Å². The molecule has 2 unspecified atom stereocenters. The van der Waals surface area contributed by atoms with E-state index in [0.29, 0.717) is 5.38 Å². The monoisotopic (exact) mass is 252 g/mol. The molecule has 0 aliphatic heterocycles. The van der Waals surface area contributed by atoms with Crippen molar-refractivity contribution in [2.24, 2.45) is 5.92 Å². The lowest BCUT2D eigenvalue weighted by molar-refractivity contribution is 0.343. The van der Waals surface area contributed by atoms with E-state index in [1.807, 2.05) is 12.1 Å². The minimum atomic E-state index is 0.421. The van der Waals surface area contributed by atoms with Crippen LogP contribution in [-0.2, 0) is 6.42 Å². The summed E-state index contributed by atoms with van der Waals surface area (Å²) in [6.07, 6.45) is 7.52. The largest absolute Gasteiger partial charge is 0.497 e. The zero-order chi connectivity index (χ0) is 12.1. The van der Waals surface area contributed by atoms with Crippen LogP contribution in [0, 0.1) is 5.92 Å². The molecule has 17 heavy (non-hydrogen) atoms. The molecule has 0 heterocycles. The fourth-order valence-electron chi connectivity index (χ4n) is 2.65. The predicted octanol–water partition coefficient (Wildman–Crippen LogP) is 4.43. The predicted molar refractivity (Wildman–Crippen MR) is 72.9 cm³/mol. The van der Waals surface area contributed by atoms with Gasteiger partial charge in [0.2, 0.25) is 0 Å². The molecule has 0 radical (unpaired) electrons. The fraction of sp³-hybridized carbons (Fsp3) is 0.600. The molecule has 94 valence electrons. The number of alkyl halides is 1. The molecule has 1 aromatic carbocycles. The average Bonchev–Trinajstić information content (AvgIpc) is 2.37. The van der Waals surface area contributed by atoms with Gasteiger partial charge in [-0.3, -0.25) is 0 Å². The summed E-state index contributed by atoms with van der Waals surface area (Å²) in [4.78, 5) is 0. The van der Waals surface area contributed by atoms with Gasteiger partial charge in [0.1, 0.15) is 5.75 Å². The van der Waals surface area contributed by atoms with E-state index in [2.05, 4.69) is 12.1 Å². The lowest BCUT2D eigenvalue weighted by Crippen LogP contribution is -2.15. The number of rotatable bonds is 4. The van der Waals surface area contributed by atoms with Crippen molar-refractivity contribution in [1.82, 2.24) is 0 Å². The summed E-state index contributed by atoms with van der Waals surface area (Å²) < 4.78 is 5.16. The van der Waals surface area contributed by atoms with Gasteiger partial charge in [-0.05, 0) is 49.3 Å². The minimum Gasteiger partial charge on any atom is -0.497 e. The summed E-state index contributed by atoms with van der Waals surface area (Å²) in [6.45, 7) is 0. The van der Waals surface area contributed by atoms with Crippen molar-refractivity contribution < 1.29 is 4.74 Å². The fourth-order valence-corrected chi connectivity index (χ4v) is 3.06. The zero-order valence-corrected chi connectivity index (χ0v) is 11.2. The second-order valence-corrected chi connectivity index (χ2v) is 5.63. The van der Waals surface area contributed by atoms with E-state index in [-0.39, 0.29) is 0 Å². The Morgan fingerprint density at radius 3 is 2.65 bits per heavy atom. The smallest absolute Gasteiger partial charge is 0.118 e. The van der Waals surface area contributed by atoms with E-state index in [4.69, 9.17) is 16.3 Å². The third-order valence-corrected chi connectivity index (χ3v) is 4.12. The molecule has 0 N–H and O–H groups in total. The molecule has 0 aromatic heterocycles. The van der Waals surface area contributed by atoms with Crippen molar-refractivity contribution in [2.75, 3.05) is 7.11 Å². The topological polar surface area (TPSA) is 9.23 Å². The van der Waals surface area contributed by atoms with Gasteiger partial charge in [0.05, 0.1) is 7.11 Å². The Bertz CT molecular complexity index is 333. The number of aryl methyl sites for hydroxylation is 1. The van der Waals surface area contributed by atoms with E-state index >= 15 is 0 Å². The number of hydrogen-bond acceptors (Lipinski definition) is 1. The third kappa shape index (κ3) is 3.92. The summed E-state index contributed by atoms with van der Waals surface area (Å²) in [6, 6.07) is 8.42. The van der Waals surface area contributed by atoms with Crippen LogP contribution < -0.4 is 4.74 Å². The van der Waals surface area contributed by atoms with E-state index in [0.717, 1.165) is 18.1 Å². The Labute approximate surface area is 109 Å². The van der Waals surface area contributed by atoms with Crippen molar-refractivity contribution >= 4 is 11.6 Å². The lowest BCUT2D eigenvalue weighted by Gasteiger charge is -2.25. The molecule has 1 aliphatic carbocycles. The second-order valence-electron chi connectivity index (χ2n) is 5.02. The minimum absolute atomic E-state index is 0.421. The third-order valence-electron chi connectivity index (χ3n) is 3.72. The maximum absolute atomic E-state index is 6.22. The molecule has 0 spiro atoms. The zero-order valence-electron chi connectivity index (χ0n) is 10.5. The normalized spacial score (nSPS) is 24.6. The highest BCUT2D eigenvalue weighted by atomic mass is 35.5. The standard InChI is InChI=1S/C15H21ClO/c1-17-15-9-7-12(8-10-15)5-6-13-3-2-4-14(16)11-13/h7-10,13-14H,2-6,11H2,1H3. The first kappa shape index (κ1) is 12.8. The summed E-state index contributed by atoms with van der Waals surface area (Å²) in [7, 11) is 1.71. The van der Waals surface area contributed by atoms with Crippen molar-refractivity contribution in [3.05, 3.63) is 29.8 Å². The highest BCUT2D eigenvalue weighted by molar-refractivity contribution is 6.20. The Morgan fingerprint density at radius 2 is 2.00 bits per heavy atom. The van der Waals surface area contributed by atoms with Crippen molar-refractivity contribution in [2.45, 2.75) is 43.9 Å². The molecular formula is C15H21ClO. The molecule has 1 nitrogen and oxygen atoms in total. The van der Waals surface area contributed by atoms with Crippen molar-refractivity contribution in [1.29, 1.82) is 0 Å². The maximum Gasteiger partial charge on any atom is 0.118 e. The Hall–Kier alpha value is -0.690. The van der Waals surface area contributed by atoms with Gasteiger partial charge < -0.3 is 4.74 Å². The first-order valence-corrected chi connectivity index (χ1v) is 6.98. The van der Waals surface area contributed by atoms with E-state index in [1.54, 1.807) is 7.11 Å². The highest BCUT2D eigenvalue weighted by Crippen LogP contribution is 2.30. The number of methoxy groups -OCH3 is 1. The summed E-state index contributed by atoms with van der Waals surface area (Å²) in [5, 5.41) is 0.421. The molecule has 0 bridgehead atoms. The molecule has 1 aliphatic rings. The van der Waals surface area contributed by atoms with Crippen LogP contribution in [0.4, 0.5) is 0 Å². The molecule has 2 heteroatoms. The molecule has 0 amide bonds. The van der Waals surface area contributed by atoms with Gasteiger partial charge in [0.25, 0.3) is 0 Å². The Balaban J connectivity index is 1.80. The van der Waals surface area contributed by atoms with Crippen LogP contribution in [0.2, 0.25) is 0 Å². The van der Waals surface area contributed by atoms with E-state index < -0.39 is 0 Å². The number of ether oxygens (including phenoxy) is 1. The van der Waals surface area contributed by atoms with Gasteiger partial charge >= 0.3 is 0 Å². The molecule has 1 saturated carbocycles. The quantitative estimate of drug-likeness (QED) is 0.721. The van der Waals surface area contributed by atoms with Gasteiger partial charge in [0.15, 0.2) is 0 Å². The molecule has 2 atom stereocenters. The molecule has 2 rings (SSSR count). The molecule has 1 aromatic rings. The van der Waals surface area contributed by atoms with Gasteiger partial charge in [-0.2, -0.15) is 0 Å². The highest BCUT2D eigenvalue weighted by Gasteiger charge is 2.19. The van der Waals surface area contributed by atoms with E-state index in [9.17, 15) is 0 Å².